The van der Waals surface area contributed by atoms with Crippen molar-refractivity contribution in [2.45, 2.75) is 46.2 Å². The van der Waals surface area contributed by atoms with Gasteiger partial charge in [-0.15, -0.1) is 0 Å². The summed E-state index contributed by atoms with van der Waals surface area (Å²) in [6.45, 7) is 8.09. The zero-order chi connectivity index (χ0) is 15.2. The van der Waals surface area contributed by atoms with Crippen molar-refractivity contribution in [3.8, 4) is 0 Å². The van der Waals surface area contributed by atoms with Gasteiger partial charge in [0.1, 0.15) is 11.6 Å². The Balaban J connectivity index is 2.42. The number of rotatable bonds is 7. The van der Waals surface area contributed by atoms with Gasteiger partial charge in [-0.3, -0.25) is 0 Å². The smallest absolute Gasteiger partial charge is 0.130 e. The molecule has 1 atom stereocenters. The number of benzene rings is 1. The highest BCUT2D eigenvalue weighted by molar-refractivity contribution is 5.33. The monoisotopic (exact) mass is 289 g/mol. The standard InChI is InChI=1S/C17H24FN3/c1-4-8-19-16(15-12-14(18)7-6-13(15)3)17-20-9-11-21(17)10-5-2/h6-7,9,11-12,16,19H,4-5,8,10H2,1-3H3. The van der Waals surface area contributed by atoms with Crippen LogP contribution in [0.5, 0.6) is 0 Å². The van der Waals surface area contributed by atoms with Crippen LogP contribution in [0.4, 0.5) is 4.39 Å². The van der Waals surface area contributed by atoms with Gasteiger partial charge in [-0.25, -0.2) is 9.37 Å². The van der Waals surface area contributed by atoms with Gasteiger partial charge in [-0.2, -0.15) is 0 Å². The van der Waals surface area contributed by atoms with Crippen molar-refractivity contribution in [3.63, 3.8) is 0 Å². The molecule has 1 unspecified atom stereocenters. The first-order valence-corrected chi connectivity index (χ1v) is 7.67. The van der Waals surface area contributed by atoms with Crippen molar-refractivity contribution in [1.82, 2.24) is 14.9 Å². The van der Waals surface area contributed by atoms with E-state index in [4.69, 9.17) is 0 Å². The second-order valence-corrected chi connectivity index (χ2v) is 5.37. The number of hydrogen-bond donors (Lipinski definition) is 1. The summed E-state index contributed by atoms with van der Waals surface area (Å²) in [5.74, 6) is 0.756. The van der Waals surface area contributed by atoms with Crippen molar-refractivity contribution in [2.24, 2.45) is 0 Å². The zero-order valence-electron chi connectivity index (χ0n) is 13.1. The van der Waals surface area contributed by atoms with Crippen LogP contribution in [0.3, 0.4) is 0 Å². The number of halogens is 1. The van der Waals surface area contributed by atoms with Gasteiger partial charge in [-0.05, 0) is 49.6 Å². The molecule has 4 heteroatoms. The molecule has 1 heterocycles. The molecular weight excluding hydrogens is 265 g/mol. The molecule has 1 N–H and O–H groups in total. The summed E-state index contributed by atoms with van der Waals surface area (Å²) < 4.78 is 15.8. The molecule has 2 aromatic rings. The third-order valence-corrected chi connectivity index (χ3v) is 3.62. The van der Waals surface area contributed by atoms with E-state index in [9.17, 15) is 4.39 Å². The average Bonchev–Trinajstić information content (AvgIpc) is 2.92. The minimum absolute atomic E-state index is 0.0674. The van der Waals surface area contributed by atoms with Crippen molar-refractivity contribution in [1.29, 1.82) is 0 Å². The summed E-state index contributed by atoms with van der Waals surface area (Å²) >= 11 is 0. The molecule has 0 aliphatic carbocycles. The highest BCUT2D eigenvalue weighted by atomic mass is 19.1. The van der Waals surface area contributed by atoms with Gasteiger partial charge in [0.05, 0.1) is 6.04 Å². The topological polar surface area (TPSA) is 29.9 Å². The van der Waals surface area contributed by atoms with E-state index in [0.717, 1.165) is 42.9 Å². The Morgan fingerprint density at radius 1 is 1.29 bits per heavy atom. The molecule has 114 valence electrons. The highest BCUT2D eigenvalue weighted by Crippen LogP contribution is 2.25. The van der Waals surface area contributed by atoms with Crippen LogP contribution in [0.1, 0.15) is 49.7 Å². The Labute approximate surface area is 126 Å². The van der Waals surface area contributed by atoms with E-state index < -0.39 is 0 Å². The minimum atomic E-state index is -0.201. The quantitative estimate of drug-likeness (QED) is 0.839. The van der Waals surface area contributed by atoms with Crippen LogP contribution in [-0.4, -0.2) is 16.1 Å². The molecule has 3 nitrogen and oxygen atoms in total. The fourth-order valence-corrected chi connectivity index (χ4v) is 2.56. The summed E-state index contributed by atoms with van der Waals surface area (Å²) in [6, 6.07) is 4.89. The zero-order valence-corrected chi connectivity index (χ0v) is 13.1. The highest BCUT2D eigenvalue weighted by Gasteiger charge is 2.20. The summed E-state index contributed by atoms with van der Waals surface area (Å²) in [5.41, 5.74) is 2.04. The van der Waals surface area contributed by atoms with E-state index in [1.165, 1.54) is 6.07 Å². The Morgan fingerprint density at radius 2 is 2.10 bits per heavy atom. The number of hydrogen-bond acceptors (Lipinski definition) is 2. The maximum Gasteiger partial charge on any atom is 0.130 e. The Morgan fingerprint density at radius 3 is 2.81 bits per heavy atom. The van der Waals surface area contributed by atoms with Gasteiger partial charge in [0.2, 0.25) is 0 Å². The lowest BCUT2D eigenvalue weighted by Crippen LogP contribution is -2.27. The second kappa shape index (κ2) is 7.36. The largest absolute Gasteiger partial charge is 0.333 e. The lowest BCUT2D eigenvalue weighted by molar-refractivity contribution is 0.524. The Hall–Kier alpha value is -1.68. The summed E-state index contributed by atoms with van der Waals surface area (Å²) in [6.07, 6.45) is 5.89. The molecule has 0 amide bonds. The maximum absolute atomic E-state index is 13.7. The molecule has 1 aromatic carbocycles. The van der Waals surface area contributed by atoms with Crippen LogP contribution in [0.15, 0.2) is 30.6 Å². The molecular formula is C17H24FN3. The normalized spacial score (nSPS) is 12.6. The lowest BCUT2D eigenvalue weighted by atomic mass is 10.00. The van der Waals surface area contributed by atoms with Crippen molar-refractivity contribution in [2.75, 3.05) is 6.54 Å². The van der Waals surface area contributed by atoms with Crippen LogP contribution in [-0.2, 0) is 6.54 Å². The summed E-state index contributed by atoms with van der Waals surface area (Å²) in [7, 11) is 0. The van der Waals surface area contributed by atoms with Gasteiger partial charge in [0.15, 0.2) is 0 Å². The lowest BCUT2D eigenvalue weighted by Gasteiger charge is -2.22. The van der Waals surface area contributed by atoms with Crippen LogP contribution in [0.25, 0.3) is 0 Å². The molecule has 0 saturated carbocycles. The molecule has 0 radical (unpaired) electrons. The van der Waals surface area contributed by atoms with Gasteiger partial charge >= 0.3 is 0 Å². The summed E-state index contributed by atoms with van der Waals surface area (Å²) in [4.78, 5) is 4.51. The van der Waals surface area contributed by atoms with E-state index in [2.05, 4.69) is 28.7 Å². The molecule has 2 rings (SSSR count). The van der Waals surface area contributed by atoms with E-state index in [0.29, 0.717) is 0 Å². The fourth-order valence-electron chi connectivity index (χ4n) is 2.56. The molecule has 0 saturated heterocycles. The molecule has 1 aromatic heterocycles. The number of nitrogens with one attached hydrogen (secondary N) is 1. The van der Waals surface area contributed by atoms with Gasteiger partial charge < -0.3 is 9.88 Å². The second-order valence-electron chi connectivity index (χ2n) is 5.37. The fraction of sp³-hybridized carbons (Fsp3) is 0.471. The third kappa shape index (κ3) is 3.70. The molecule has 21 heavy (non-hydrogen) atoms. The number of nitrogens with zero attached hydrogens (tertiary/aromatic N) is 2. The molecule has 0 spiro atoms. The van der Waals surface area contributed by atoms with E-state index in [-0.39, 0.29) is 11.9 Å². The molecule has 0 aliphatic rings. The maximum atomic E-state index is 13.7. The Kier molecular flexibility index (Phi) is 5.51. The SMILES string of the molecule is CCCNC(c1cc(F)ccc1C)c1nccn1CCC. The average molecular weight is 289 g/mol. The first-order chi connectivity index (χ1) is 10.2. The van der Waals surface area contributed by atoms with Crippen LogP contribution in [0, 0.1) is 12.7 Å². The molecule has 0 fully saturated rings. The van der Waals surface area contributed by atoms with Crippen molar-refractivity contribution in [3.05, 3.63) is 53.4 Å². The summed E-state index contributed by atoms with van der Waals surface area (Å²) in [5, 5.41) is 3.50. The van der Waals surface area contributed by atoms with E-state index in [1.54, 1.807) is 6.07 Å². The van der Waals surface area contributed by atoms with E-state index >= 15 is 0 Å². The van der Waals surface area contributed by atoms with Gasteiger partial charge in [0.25, 0.3) is 0 Å². The number of aryl methyl sites for hydroxylation is 2. The van der Waals surface area contributed by atoms with Crippen LogP contribution < -0.4 is 5.32 Å². The number of imidazole rings is 1. The number of aromatic nitrogens is 2. The Bertz CT molecular complexity index is 577. The van der Waals surface area contributed by atoms with Crippen LogP contribution >= 0.6 is 0 Å². The first-order valence-electron chi connectivity index (χ1n) is 7.67. The van der Waals surface area contributed by atoms with Gasteiger partial charge in [0, 0.05) is 18.9 Å². The van der Waals surface area contributed by atoms with Gasteiger partial charge in [-0.1, -0.05) is 19.9 Å². The van der Waals surface area contributed by atoms with Crippen LogP contribution in [0.2, 0.25) is 0 Å². The molecule has 0 bridgehead atoms. The third-order valence-electron chi connectivity index (χ3n) is 3.62. The predicted molar refractivity (Wildman–Crippen MR) is 83.8 cm³/mol. The van der Waals surface area contributed by atoms with Crippen molar-refractivity contribution >= 4 is 0 Å². The minimum Gasteiger partial charge on any atom is -0.333 e. The molecule has 0 aliphatic heterocycles. The first kappa shape index (κ1) is 15.7. The van der Waals surface area contributed by atoms with Crippen molar-refractivity contribution < 1.29 is 4.39 Å². The predicted octanol–water partition coefficient (Wildman–Crippen LogP) is 3.83. The van der Waals surface area contributed by atoms with E-state index in [1.807, 2.05) is 25.4 Å².